The van der Waals surface area contributed by atoms with Crippen LogP contribution in [0.2, 0.25) is 0 Å². The van der Waals surface area contributed by atoms with E-state index in [1.807, 2.05) is 0 Å². The average Bonchev–Trinajstić information content (AvgIpc) is 2.39. The van der Waals surface area contributed by atoms with Gasteiger partial charge in [0.1, 0.15) is 6.04 Å². The minimum atomic E-state index is 0.462. The van der Waals surface area contributed by atoms with Gasteiger partial charge in [-0.1, -0.05) is 67.6 Å². The average molecular weight is 254 g/mol. The van der Waals surface area contributed by atoms with Crippen molar-refractivity contribution in [2.75, 3.05) is 21.1 Å². The van der Waals surface area contributed by atoms with E-state index in [0.29, 0.717) is 12.0 Å². The molecular formula is C18H24N+. The zero-order valence-electron chi connectivity index (χ0n) is 12.4. The third kappa shape index (κ3) is 3.24. The summed E-state index contributed by atoms with van der Waals surface area (Å²) in [6.07, 6.45) is 0. The standard InChI is InChI=1S/C18H24N/c1-15(16-11-7-5-8-12-16)18(19(2,3)4)17-13-9-6-10-14-17/h5-15,18H,1-4H3/q+1/t15-,18-/m0/s1. The molecule has 0 spiro atoms. The molecule has 0 aliphatic heterocycles. The first kappa shape index (κ1) is 13.8. The summed E-state index contributed by atoms with van der Waals surface area (Å²) in [5, 5.41) is 0. The molecule has 2 aromatic carbocycles. The number of benzene rings is 2. The number of hydrogen-bond donors (Lipinski definition) is 0. The Labute approximate surface area is 117 Å². The van der Waals surface area contributed by atoms with Crippen molar-refractivity contribution in [2.45, 2.75) is 18.9 Å². The number of rotatable bonds is 4. The van der Waals surface area contributed by atoms with E-state index in [1.165, 1.54) is 11.1 Å². The van der Waals surface area contributed by atoms with Crippen LogP contribution in [0.25, 0.3) is 0 Å². The lowest BCUT2D eigenvalue weighted by Gasteiger charge is -2.38. The van der Waals surface area contributed by atoms with Crippen molar-refractivity contribution in [1.29, 1.82) is 0 Å². The molecule has 0 aliphatic carbocycles. The van der Waals surface area contributed by atoms with Crippen LogP contribution in [0.15, 0.2) is 60.7 Å². The minimum Gasteiger partial charge on any atom is -0.324 e. The number of quaternary nitrogens is 1. The number of nitrogens with zero attached hydrogens (tertiary/aromatic N) is 1. The number of likely N-dealkylation sites (N-methyl/N-ethyl adjacent to an activating group) is 1. The normalized spacial score (nSPS) is 14.9. The molecule has 0 N–H and O–H groups in total. The Morgan fingerprint density at radius 3 is 1.53 bits per heavy atom. The molecule has 1 heteroatoms. The van der Waals surface area contributed by atoms with Gasteiger partial charge in [-0.15, -0.1) is 0 Å². The van der Waals surface area contributed by atoms with Crippen LogP contribution in [-0.2, 0) is 0 Å². The molecular weight excluding hydrogens is 230 g/mol. The molecule has 0 bridgehead atoms. The monoisotopic (exact) mass is 254 g/mol. The van der Waals surface area contributed by atoms with Crippen LogP contribution in [0.1, 0.15) is 30.0 Å². The van der Waals surface area contributed by atoms with Gasteiger partial charge in [-0.05, 0) is 5.56 Å². The summed E-state index contributed by atoms with van der Waals surface area (Å²) >= 11 is 0. The lowest BCUT2D eigenvalue weighted by Crippen LogP contribution is -2.41. The first-order valence-electron chi connectivity index (χ1n) is 6.91. The smallest absolute Gasteiger partial charge is 0.121 e. The van der Waals surface area contributed by atoms with Gasteiger partial charge in [0, 0.05) is 11.5 Å². The lowest BCUT2D eigenvalue weighted by atomic mass is 9.87. The highest BCUT2D eigenvalue weighted by Gasteiger charge is 2.32. The molecule has 0 saturated heterocycles. The van der Waals surface area contributed by atoms with Crippen molar-refractivity contribution < 1.29 is 4.48 Å². The Morgan fingerprint density at radius 1 is 0.684 bits per heavy atom. The van der Waals surface area contributed by atoms with Crippen LogP contribution in [0.5, 0.6) is 0 Å². The quantitative estimate of drug-likeness (QED) is 0.716. The molecule has 0 aromatic heterocycles. The van der Waals surface area contributed by atoms with Gasteiger partial charge in [0.05, 0.1) is 21.1 Å². The summed E-state index contributed by atoms with van der Waals surface area (Å²) in [4.78, 5) is 0. The van der Waals surface area contributed by atoms with Gasteiger partial charge in [-0.3, -0.25) is 0 Å². The van der Waals surface area contributed by atoms with Gasteiger partial charge in [0.25, 0.3) is 0 Å². The Bertz CT molecular complexity index is 496. The topological polar surface area (TPSA) is 0 Å². The van der Waals surface area contributed by atoms with Crippen molar-refractivity contribution in [3.8, 4) is 0 Å². The summed E-state index contributed by atoms with van der Waals surface area (Å²) < 4.78 is 0.931. The molecule has 0 fully saturated rings. The maximum atomic E-state index is 2.33. The Balaban J connectivity index is 2.40. The third-order valence-electron chi connectivity index (χ3n) is 3.77. The lowest BCUT2D eigenvalue weighted by molar-refractivity contribution is -0.904. The van der Waals surface area contributed by atoms with E-state index in [0.717, 1.165) is 4.48 Å². The van der Waals surface area contributed by atoms with E-state index < -0.39 is 0 Å². The highest BCUT2D eigenvalue weighted by atomic mass is 15.3. The maximum absolute atomic E-state index is 2.33. The molecule has 2 rings (SSSR count). The molecule has 0 saturated carbocycles. The van der Waals surface area contributed by atoms with Gasteiger partial charge in [0.15, 0.2) is 0 Å². The second-order valence-corrected chi connectivity index (χ2v) is 6.17. The van der Waals surface area contributed by atoms with Crippen LogP contribution in [0.3, 0.4) is 0 Å². The zero-order valence-corrected chi connectivity index (χ0v) is 12.4. The minimum absolute atomic E-state index is 0.462. The molecule has 2 aromatic rings. The SMILES string of the molecule is C[C@@H](c1ccccc1)[C@@H](c1ccccc1)[N+](C)(C)C. The summed E-state index contributed by atoms with van der Waals surface area (Å²) in [5.74, 6) is 0.489. The first-order chi connectivity index (χ1) is 9.00. The molecule has 19 heavy (non-hydrogen) atoms. The molecule has 0 unspecified atom stereocenters. The number of hydrogen-bond acceptors (Lipinski definition) is 0. The fourth-order valence-electron chi connectivity index (χ4n) is 3.00. The second kappa shape index (κ2) is 5.58. The van der Waals surface area contributed by atoms with Crippen molar-refractivity contribution in [2.24, 2.45) is 0 Å². The molecule has 2 atom stereocenters. The predicted octanol–water partition coefficient (Wildman–Crippen LogP) is 4.24. The molecule has 0 radical (unpaired) electrons. The van der Waals surface area contributed by atoms with Crippen LogP contribution >= 0.6 is 0 Å². The molecule has 0 heterocycles. The second-order valence-electron chi connectivity index (χ2n) is 6.17. The van der Waals surface area contributed by atoms with Crippen molar-refractivity contribution in [1.82, 2.24) is 0 Å². The van der Waals surface area contributed by atoms with Gasteiger partial charge in [-0.25, -0.2) is 0 Å². The molecule has 100 valence electrons. The van der Waals surface area contributed by atoms with Crippen molar-refractivity contribution >= 4 is 0 Å². The van der Waals surface area contributed by atoms with E-state index in [9.17, 15) is 0 Å². The third-order valence-corrected chi connectivity index (χ3v) is 3.77. The van der Waals surface area contributed by atoms with Crippen LogP contribution in [0, 0.1) is 0 Å². The predicted molar refractivity (Wildman–Crippen MR) is 82.1 cm³/mol. The van der Waals surface area contributed by atoms with Crippen molar-refractivity contribution in [3.63, 3.8) is 0 Å². The van der Waals surface area contributed by atoms with Gasteiger partial charge in [0.2, 0.25) is 0 Å². The van der Waals surface area contributed by atoms with Gasteiger partial charge < -0.3 is 4.48 Å². The van der Waals surface area contributed by atoms with E-state index in [4.69, 9.17) is 0 Å². The van der Waals surface area contributed by atoms with Crippen molar-refractivity contribution in [3.05, 3.63) is 71.8 Å². The first-order valence-corrected chi connectivity index (χ1v) is 6.91. The van der Waals surface area contributed by atoms with Gasteiger partial charge in [-0.2, -0.15) is 0 Å². The van der Waals surface area contributed by atoms with Gasteiger partial charge >= 0.3 is 0 Å². The fraction of sp³-hybridized carbons (Fsp3) is 0.333. The highest BCUT2D eigenvalue weighted by molar-refractivity contribution is 5.26. The Morgan fingerprint density at radius 2 is 1.11 bits per heavy atom. The maximum Gasteiger partial charge on any atom is 0.121 e. The Hall–Kier alpha value is -1.60. The Kier molecular flexibility index (Phi) is 4.06. The summed E-state index contributed by atoms with van der Waals surface area (Å²) in [5.41, 5.74) is 2.82. The summed E-state index contributed by atoms with van der Waals surface area (Å²) in [6.45, 7) is 2.33. The highest BCUT2D eigenvalue weighted by Crippen LogP contribution is 2.37. The molecule has 0 aliphatic rings. The zero-order chi connectivity index (χ0) is 13.9. The van der Waals surface area contributed by atoms with Crippen LogP contribution in [0.4, 0.5) is 0 Å². The summed E-state index contributed by atoms with van der Waals surface area (Å²) in [6, 6.07) is 22.1. The van der Waals surface area contributed by atoms with Crippen LogP contribution in [-0.4, -0.2) is 25.6 Å². The summed E-state index contributed by atoms with van der Waals surface area (Å²) in [7, 11) is 6.82. The van der Waals surface area contributed by atoms with E-state index >= 15 is 0 Å². The largest absolute Gasteiger partial charge is 0.324 e. The van der Waals surface area contributed by atoms with E-state index in [1.54, 1.807) is 0 Å². The van der Waals surface area contributed by atoms with Crippen LogP contribution < -0.4 is 0 Å². The van der Waals surface area contributed by atoms with E-state index in [-0.39, 0.29) is 0 Å². The fourth-order valence-corrected chi connectivity index (χ4v) is 3.00. The molecule has 0 amide bonds. The van der Waals surface area contributed by atoms with E-state index in [2.05, 4.69) is 88.7 Å². The molecule has 1 nitrogen and oxygen atoms in total.